The number of primary amides is 1. The van der Waals surface area contributed by atoms with E-state index >= 15 is 4.79 Å². The summed E-state index contributed by atoms with van der Waals surface area (Å²) in [5.74, 6) is -1.93. The number of likely N-dealkylation sites (N-methyl/N-ethyl adjacent to an activating group) is 1. The summed E-state index contributed by atoms with van der Waals surface area (Å²) >= 11 is 0. The molecule has 1 saturated heterocycles. The number of rotatable bonds is 28. The monoisotopic (exact) mass is 1480 g/mol. The van der Waals surface area contributed by atoms with Crippen molar-refractivity contribution >= 4 is 91.6 Å². The molecule has 12 rings (SSSR count). The van der Waals surface area contributed by atoms with Crippen LogP contribution in [0.25, 0.3) is 22.3 Å². The van der Waals surface area contributed by atoms with E-state index in [0.717, 1.165) is 77.3 Å². The van der Waals surface area contributed by atoms with Gasteiger partial charge in [0.1, 0.15) is 31.6 Å². The van der Waals surface area contributed by atoms with Crippen LogP contribution < -0.4 is 50.0 Å². The highest BCUT2D eigenvalue weighted by Gasteiger charge is 2.58. The molecule has 0 bridgehead atoms. The molecule has 0 saturated carbocycles. The third-order valence-electron chi connectivity index (χ3n) is 21.4. The van der Waals surface area contributed by atoms with Crippen LogP contribution in [-0.2, 0) is 33.4 Å². The lowest BCUT2D eigenvalue weighted by atomic mass is 9.63. The molecule has 6 aromatic carbocycles. The van der Waals surface area contributed by atoms with Gasteiger partial charge in [-0.3, -0.25) is 38.6 Å². The van der Waals surface area contributed by atoms with Crippen LogP contribution in [0.2, 0.25) is 51.4 Å². The average Bonchev–Trinajstić information content (AvgIpc) is 1.40. The number of ether oxygens (including phenoxy) is 7. The Labute approximate surface area is 622 Å². The summed E-state index contributed by atoms with van der Waals surface area (Å²) in [6.45, 7) is 25.0. The van der Waals surface area contributed by atoms with Crippen molar-refractivity contribution in [3.63, 3.8) is 0 Å². The SMILES string of the molecule is COc1cc2c(cc1OCCCOc1cc3c(cc1OC)C(=O)N1C=C(c4ccc(N5CCN(C)CC5)cc4)C[C@H]1C(=O)N3COCC[Si](C)(C)C)N(COCC[Si](C)(C)C)C(=O)[C@@H]1CC(c3ccc(NC(=O)[C@H](C)NC(=O)[C@@](C)(OC(N)=O)C(C)(C)C4c5ccccc5-c5ccccc54)cc3)=CN1C2=O. The largest absolute Gasteiger partial charge is 0.493 e. The summed E-state index contributed by atoms with van der Waals surface area (Å²) in [5, 5.41) is 5.68. The Morgan fingerprint density at radius 2 is 1.04 bits per heavy atom. The number of carbonyl (C=O) groups excluding carboxylic acids is 7. The van der Waals surface area contributed by atoms with Gasteiger partial charge in [0.2, 0.25) is 5.91 Å². The molecular formula is C81H99N9O14Si2. The van der Waals surface area contributed by atoms with Gasteiger partial charge in [-0.05, 0) is 114 Å². The highest BCUT2D eigenvalue weighted by atomic mass is 28.3. The molecule has 1 aliphatic carbocycles. The molecule has 6 aromatic rings. The van der Waals surface area contributed by atoms with Crippen LogP contribution in [0.5, 0.6) is 23.0 Å². The number of fused-ring (bicyclic) bond motifs is 7. The number of hydrogen-bond acceptors (Lipinski definition) is 16. The molecule has 0 spiro atoms. The molecule has 1 fully saturated rings. The molecule has 6 aliphatic rings. The fraction of sp³-hybridized carbons (Fsp3) is 0.420. The smallest absolute Gasteiger partial charge is 0.405 e. The van der Waals surface area contributed by atoms with Crippen molar-refractivity contribution in [3.05, 3.63) is 167 Å². The zero-order chi connectivity index (χ0) is 75.7. The minimum atomic E-state index is -1.85. The maximum atomic E-state index is 15.1. The highest BCUT2D eigenvalue weighted by molar-refractivity contribution is 6.76. The van der Waals surface area contributed by atoms with Crippen LogP contribution in [0.3, 0.4) is 0 Å². The molecule has 560 valence electrons. The topological polar surface area (TPSA) is 254 Å². The number of methoxy groups -OCH3 is 2. The second-order valence-corrected chi connectivity index (χ2v) is 42.6. The van der Waals surface area contributed by atoms with Gasteiger partial charge in [0.05, 0.1) is 49.9 Å². The first-order valence-electron chi connectivity index (χ1n) is 36.4. The normalized spacial score (nSPS) is 18.3. The number of nitrogens with two attached hydrogens (primary N) is 1. The second kappa shape index (κ2) is 31.0. The molecule has 0 unspecified atom stereocenters. The van der Waals surface area contributed by atoms with E-state index in [4.69, 9.17) is 38.9 Å². The van der Waals surface area contributed by atoms with Crippen molar-refractivity contribution in [1.82, 2.24) is 20.0 Å². The maximum absolute atomic E-state index is 15.1. The van der Waals surface area contributed by atoms with Crippen LogP contribution in [0.1, 0.15) is 95.8 Å². The van der Waals surface area contributed by atoms with Crippen molar-refractivity contribution < 1.29 is 66.7 Å². The predicted molar refractivity (Wildman–Crippen MR) is 415 cm³/mol. The molecule has 106 heavy (non-hydrogen) atoms. The van der Waals surface area contributed by atoms with Gasteiger partial charge in [0, 0.05) is 122 Å². The molecule has 23 nitrogen and oxygen atoms in total. The zero-order valence-electron chi connectivity index (χ0n) is 63.1. The number of nitrogens with zero attached hydrogens (tertiary/aromatic N) is 6. The summed E-state index contributed by atoms with van der Waals surface area (Å²) in [5.41, 5.74) is 12.6. The Bertz CT molecular complexity index is 4380. The summed E-state index contributed by atoms with van der Waals surface area (Å²) < 4.78 is 43.0. The van der Waals surface area contributed by atoms with Crippen molar-refractivity contribution in [1.29, 1.82) is 0 Å². The van der Waals surface area contributed by atoms with E-state index in [0.29, 0.717) is 65.8 Å². The third-order valence-corrected chi connectivity index (χ3v) is 24.8. The third kappa shape index (κ3) is 15.7. The summed E-state index contributed by atoms with van der Waals surface area (Å²) in [7, 11) is 2.05. The number of piperazine rings is 1. The Balaban J connectivity index is 0.724. The van der Waals surface area contributed by atoms with Crippen LogP contribution >= 0.6 is 0 Å². The van der Waals surface area contributed by atoms with Crippen LogP contribution in [0.4, 0.5) is 27.5 Å². The quantitative estimate of drug-likeness (QED) is 0.0305. The number of anilines is 4. The molecule has 7 amide bonds. The van der Waals surface area contributed by atoms with Gasteiger partial charge in [-0.25, -0.2) is 4.79 Å². The summed E-state index contributed by atoms with van der Waals surface area (Å²) in [4.78, 5) is 112. The zero-order valence-corrected chi connectivity index (χ0v) is 65.1. The van der Waals surface area contributed by atoms with Gasteiger partial charge in [-0.1, -0.05) is 126 Å². The van der Waals surface area contributed by atoms with Gasteiger partial charge in [0.25, 0.3) is 29.5 Å². The minimum Gasteiger partial charge on any atom is -0.493 e. The Morgan fingerprint density at radius 1 is 0.585 bits per heavy atom. The summed E-state index contributed by atoms with van der Waals surface area (Å²) in [6.07, 6.45) is 3.17. The van der Waals surface area contributed by atoms with E-state index in [2.05, 4.69) is 91.0 Å². The van der Waals surface area contributed by atoms with E-state index in [9.17, 15) is 28.8 Å². The number of nitrogens with one attached hydrogen (secondary N) is 2. The summed E-state index contributed by atoms with van der Waals surface area (Å²) in [6, 6.07) is 36.6. The molecule has 0 radical (unpaired) electrons. The number of hydrogen-bond donors (Lipinski definition) is 3. The fourth-order valence-corrected chi connectivity index (χ4v) is 16.3. The Kier molecular flexibility index (Phi) is 22.2. The molecule has 0 aromatic heterocycles. The number of amides is 7. The van der Waals surface area contributed by atoms with Crippen LogP contribution in [-0.4, -0.2) is 183 Å². The van der Waals surface area contributed by atoms with Crippen molar-refractivity contribution in [2.45, 2.75) is 128 Å². The maximum Gasteiger partial charge on any atom is 0.405 e. The van der Waals surface area contributed by atoms with Gasteiger partial charge in [-0.15, -0.1) is 0 Å². The first-order chi connectivity index (χ1) is 50.5. The molecule has 5 aliphatic heterocycles. The Hall–Kier alpha value is -9.80. The van der Waals surface area contributed by atoms with E-state index in [1.165, 1.54) is 37.9 Å². The van der Waals surface area contributed by atoms with Crippen LogP contribution in [0, 0.1) is 5.41 Å². The van der Waals surface area contributed by atoms with Gasteiger partial charge in [0.15, 0.2) is 28.6 Å². The second-order valence-electron chi connectivity index (χ2n) is 31.4. The molecular weight excluding hydrogens is 1380 g/mol. The lowest BCUT2D eigenvalue weighted by Gasteiger charge is -2.46. The van der Waals surface area contributed by atoms with Gasteiger partial charge >= 0.3 is 6.09 Å². The lowest BCUT2D eigenvalue weighted by Crippen LogP contribution is -2.61. The highest BCUT2D eigenvalue weighted by Crippen LogP contribution is 2.57. The van der Waals surface area contributed by atoms with E-state index < -0.39 is 69.1 Å². The first kappa shape index (κ1) is 75.9. The van der Waals surface area contributed by atoms with Crippen molar-refractivity contribution in [2.24, 2.45) is 11.1 Å². The predicted octanol–water partition coefficient (Wildman–Crippen LogP) is 12.3. The van der Waals surface area contributed by atoms with Crippen molar-refractivity contribution in [2.75, 3.05) is 107 Å². The molecule has 4 N–H and O–H groups in total. The van der Waals surface area contributed by atoms with Gasteiger partial charge < -0.3 is 69.1 Å². The average molecular weight is 1480 g/mol. The number of carbonyl (C=O) groups is 7. The first-order valence-corrected chi connectivity index (χ1v) is 43.9. The fourth-order valence-electron chi connectivity index (χ4n) is 14.7. The lowest BCUT2D eigenvalue weighted by molar-refractivity contribution is -0.153. The minimum absolute atomic E-state index is 0.0688. The standard InChI is InChI=1S/C81H99N9O14Si2/c1-51(83-78(96)81(4,104-79(82)97)80(2,3)72-60-21-16-14-19-58(60)59-20-15-17-22-61(59)72)73(91)84-56-27-23-52(24-28-56)54-41-66-76(94)89(49-100-37-39-105(8,9)10)64-45-70(68(98-6)43-62(64)74(92)87(66)47-54)102-35-18-36-103-71-46-65-63(44-69(71)99-7)75(93)88-48-55(42-67(88)77(95)90(65)50-101-38-40-106(11,12)13)53-25-29-57(30-26-53)86-33-31-85(5)32-34-86/h14-17,19-30,43-48,51,66-67,72H,18,31-42,49-50H2,1-13H3,(H2,82,97)(H,83,96)(H,84,91)/t51-,66-,67-,81+/m0/s1. The van der Waals surface area contributed by atoms with E-state index in [1.807, 2.05) is 68.6 Å². The van der Waals surface area contributed by atoms with E-state index in [1.54, 1.807) is 64.5 Å². The van der Waals surface area contributed by atoms with Gasteiger partial charge in [-0.2, -0.15) is 0 Å². The molecule has 4 atom stereocenters. The molecule has 5 heterocycles. The Morgan fingerprint density at radius 3 is 1.48 bits per heavy atom. The van der Waals surface area contributed by atoms with Crippen LogP contribution in [0.15, 0.2) is 134 Å². The van der Waals surface area contributed by atoms with Crippen molar-refractivity contribution in [3.8, 4) is 34.1 Å². The molecule has 25 heteroatoms. The van der Waals surface area contributed by atoms with E-state index in [-0.39, 0.29) is 79.4 Å². The number of benzene rings is 6.